The van der Waals surface area contributed by atoms with Crippen molar-refractivity contribution in [2.75, 3.05) is 25.6 Å². The summed E-state index contributed by atoms with van der Waals surface area (Å²) in [5, 5.41) is 22.4. The molecule has 2 aromatic rings. The second kappa shape index (κ2) is 7.81. The molecule has 2 rings (SSSR count). The number of carbonyl (C=O) groups excluding carboxylic acids is 1. The van der Waals surface area contributed by atoms with E-state index in [0.717, 1.165) is 16.6 Å². The number of nitrogens with one attached hydrogen (secondary N) is 3. The second-order valence-electron chi connectivity index (χ2n) is 4.59. The molecule has 0 aliphatic rings. The zero-order valence-corrected chi connectivity index (χ0v) is 12.2. The zero-order chi connectivity index (χ0) is 15.8. The van der Waals surface area contributed by atoms with Gasteiger partial charge in [-0.25, -0.2) is 0 Å². The van der Waals surface area contributed by atoms with Crippen LogP contribution in [0.4, 0.5) is 5.69 Å². The van der Waals surface area contributed by atoms with Crippen LogP contribution in [0.2, 0.25) is 0 Å². The van der Waals surface area contributed by atoms with Crippen LogP contribution in [-0.2, 0) is 9.53 Å². The highest BCUT2D eigenvalue weighted by Gasteiger charge is 2.07. The van der Waals surface area contributed by atoms with Crippen LogP contribution >= 0.6 is 0 Å². The highest BCUT2D eigenvalue weighted by Crippen LogP contribution is 2.16. The summed E-state index contributed by atoms with van der Waals surface area (Å²) in [6, 6.07) is 7.47. The van der Waals surface area contributed by atoms with E-state index in [0.29, 0.717) is 19.6 Å². The summed E-state index contributed by atoms with van der Waals surface area (Å²) < 4.78 is 4.89. The number of carbonyl (C=O) groups is 1. The lowest BCUT2D eigenvalue weighted by molar-refractivity contribution is -0.117. The maximum absolute atomic E-state index is 11.8. The highest BCUT2D eigenvalue weighted by atomic mass is 16.5. The predicted octanol–water partition coefficient (Wildman–Crippen LogP) is 1.53. The largest absolute Gasteiger partial charge is 0.385 e. The third kappa shape index (κ3) is 4.07. The van der Waals surface area contributed by atoms with Gasteiger partial charge >= 0.3 is 0 Å². The molecule has 7 nitrogen and oxygen atoms in total. The number of methoxy groups -OCH3 is 1. The summed E-state index contributed by atoms with van der Waals surface area (Å²) >= 11 is 0. The van der Waals surface area contributed by atoms with E-state index in [1.165, 1.54) is 6.20 Å². The molecule has 0 radical (unpaired) electrons. The number of benzene rings is 1. The highest BCUT2D eigenvalue weighted by molar-refractivity contribution is 5.97. The lowest BCUT2D eigenvalue weighted by atomic mass is 10.2. The Labute approximate surface area is 128 Å². The Morgan fingerprint density at radius 2 is 2.41 bits per heavy atom. The first kappa shape index (κ1) is 15.5. The van der Waals surface area contributed by atoms with Crippen LogP contribution in [0.1, 0.15) is 6.42 Å². The van der Waals surface area contributed by atoms with Crippen molar-refractivity contribution in [3.05, 3.63) is 36.2 Å². The molecule has 1 amide bonds. The van der Waals surface area contributed by atoms with Gasteiger partial charge in [0.05, 0.1) is 11.7 Å². The average Bonchev–Trinajstić information content (AvgIpc) is 3.00. The molecule has 0 saturated heterocycles. The maximum Gasteiger partial charge on any atom is 0.263 e. The van der Waals surface area contributed by atoms with Gasteiger partial charge in [-0.3, -0.25) is 9.89 Å². The van der Waals surface area contributed by atoms with Gasteiger partial charge in [0.25, 0.3) is 5.91 Å². The third-order valence-corrected chi connectivity index (χ3v) is 3.00. The molecule has 7 heteroatoms. The number of ether oxygens (including phenoxy) is 1. The molecule has 22 heavy (non-hydrogen) atoms. The first-order chi connectivity index (χ1) is 10.7. The van der Waals surface area contributed by atoms with E-state index in [9.17, 15) is 4.79 Å². The quantitative estimate of drug-likeness (QED) is 0.409. The van der Waals surface area contributed by atoms with E-state index >= 15 is 0 Å². The number of fused-ring (bicyclic) bond motifs is 1. The molecule has 0 saturated carbocycles. The number of aromatic amines is 1. The number of nitrogens with zero attached hydrogens (tertiary/aromatic N) is 2. The molecule has 1 aromatic carbocycles. The number of amides is 1. The van der Waals surface area contributed by atoms with Crippen molar-refractivity contribution in [3.8, 4) is 6.07 Å². The lowest BCUT2D eigenvalue weighted by Crippen LogP contribution is -2.26. The Hall–Kier alpha value is -2.85. The molecule has 0 aliphatic heterocycles. The molecule has 0 spiro atoms. The SMILES string of the molecule is COCCCNC(=O)/C(C#N)=C\Nc1ccc2cn[nH]c2c1. The fraction of sp³-hybridized carbons (Fsp3) is 0.267. The molecule has 0 fully saturated rings. The number of nitriles is 1. The Kier molecular flexibility index (Phi) is 5.51. The van der Waals surface area contributed by atoms with Crippen molar-refractivity contribution in [2.45, 2.75) is 6.42 Å². The second-order valence-corrected chi connectivity index (χ2v) is 4.59. The maximum atomic E-state index is 11.8. The van der Waals surface area contributed by atoms with Crippen LogP contribution in [-0.4, -0.2) is 36.4 Å². The third-order valence-electron chi connectivity index (χ3n) is 3.00. The van der Waals surface area contributed by atoms with Crippen LogP contribution in [0.25, 0.3) is 10.9 Å². The Morgan fingerprint density at radius 3 is 3.18 bits per heavy atom. The monoisotopic (exact) mass is 299 g/mol. The van der Waals surface area contributed by atoms with Gasteiger partial charge in [-0.1, -0.05) is 0 Å². The fourth-order valence-electron chi connectivity index (χ4n) is 1.84. The Bertz CT molecular complexity index is 714. The molecule has 0 atom stereocenters. The van der Waals surface area contributed by atoms with Crippen molar-refractivity contribution >= 4 is 22.5 Å². The van der Waals surface area contributed by atoms with Crippen LogP contribution in [0.15, 0.2) is 36.2 Å². The first-order valence-electron chi connectivity index (χ1n) is 6.81. The van der Waals surface area contributed by atoms with E-state index in [1.54, 1.807) is 13.3 Å². The van der Waals surface area contributed by atoms with E-state index in [-0.39, 0.29) is 5.57 Å². The lowest BCUT2D eigenvalue weighted by Gasteiger charge is -2.05. The number of H-pyrrole nitrogens is 1. The number of hydrogen-bond donors (Lipinski definition) is 3. The molecular formula is C15H17N5O2. The molecule has 114 valence electrons. The molecule has 0 aliphatic carbocycles. The standard InChI is InChI=1S/C15H17N5O2/c1-22-6-2-5-17-15(21)12(8-16)9-18-13-4-3-11-10-19-20-14(11)7-13/h3-4,7,9-10,18H,2,5-6H2,1H3,(H,17,21)(H,19,20)/b12-9-. The minimum Gasteiger partial charge on any atom is -0.385 e. The van der Waals surface area contributed by atoms with Crippen molar-refractivity contribution < 1.29 is 9.53 Å². The zero-order valence-electron chi connectivity index (χ0n) is 12.2. The van der Waals surface area contributed by atoms with Gasteiger partial charge in [-0.2, -0.15) is 10.4 Å². The van der Waals surface area contributed by atoms with Gasteiger partial charge in [-0.15, -0.1) is 0 Å². The molecule has 0 unspecified atom stereocenters. The summed E-state index contributed by atoms with van der Waals surface area (Å²) in [6.45, 7) is 1.03. The van der Waals surface area contributed by atoms with Crippen LogP contribution in [0.3, 0.4) is 0 Å². The number of hydrogen-bond acceptors (Lipinski definition) is 5. The van der Waals surface area contributed by atoms with E-state index < -0.39 is 5.91 Å². The van der Waals surface area contributed by atoms with Crippen molar-refractivity contribution in [3.63, 3.8) is 0 Å². The summed E-state index contributed by atoms with van der Waals surface area (Å²) in [4.78, 5) is 11.8. The summed E-state index contributed by atoms with van der Waals surface area (Å²) in [5.74, 6) is -0.409. The van der Waals surface area contributed by atoms with Gasteiger partial charge in [0.1, 0.15) is 11.6 Å². The van der Waals surface area contributed by atoms with Gasteiger partial charge in [0, 0.05) is 37.5 Å². The van der Waals surface area contributed by atoms with E-state index in [4.69, 9.17) is 10.00 Å². The molecule has 1 aromatic heterocycles. The summed E-state index contributed by atoms with van der Waals surface area (Å²) in [5.41, 5.74) is 1.65. The molecule has 1 heterocycles. The normalized spacial score (nSPS) is 11.2. The fourth-order valence-corrected chi connectivity index (χ4v) is 1.84. The smallest absolute Gasteiger partial charge is 0.263 e. The summed E-state index contributed by atoms with van der Waals surface area (Å²) in [6.07, 6.45) is 3.82. The van der Waals surface area contributed by atoms with E-state index in [1.807, 2.05) is 24.3 Å². The average molecular weight is 299 g/mol. The van der Waals surface area contributed by atoms with Gasteiger partial charge in [0.2, 0.25) is 0 Å². The predicted molar refractivity (Wildman–Crippen MR) is 82.9 cm³/mol. The van der Waals surface area contributed by atoms with Crippen LogP contribution in [0, 0.1) is 11.3 Å². The molecule has 3 N–H and O–H groups in total. The number of aromatic nitrogens is 2. The van der Waals surface area contributed by atoms with Crippen LogP contribution < -0.4 is 10.6 Å². The Morgan fingerprint density at radius 1 is 1.55 bits per heavy atom. The minimum absolute atomic E-state index is 0.0159. The minimum atomic E-state index is -0.409. The van der Waals surface area contributed by atoms with Gasteiger partial charge in [0.15, 0.2) is 0 Å². The van der Waals surface area contributed by atoms with Crippen molar-refractivity contribution in [1.82, 2.24) is 15.5 Å². The number of anilines is 1. The molecule has 0 bridgehead atoms. The Balaban J connectivity index is 1.96. The summed E-state index contributed by atoms with van der Waals surface area (Å²) in [7, 11) is 1.60. The van der Waals surface area contributed by atoms with Gasteiger partial charge in [-0.05, 0) is 24.6 Å². The molecular weight excluding hydrogens is 282 g/mol. The van der Waals surface area contributed by atoms with Gasteiger partial charge < -0.3 is 15.4 Å². The van der Waals surface area contributed by atoms with Crippen LogP contribution in [0.5, 0.6) is 0 Å². The van der Waals surface area contributed by atoms with Crippen molar-refractivity contribution in [2.24, 2.45) is 0 Å². The number of rotatable bonds is 7. The first-order valence-corrected chi connectivity index (χ1v) is 6.81. The van der Waals surface area contributed by atoms with Crippen molar-refractivity contribution in [1.29, 1.82) is 5.26 Å². The van der Waals surface area contributed by atoms with E-state index in [2.05, 4.69) is 20.8 Å². The topological polar surface area (TPSA) is 103 Å².